The number of hydrogen-bond donors (Lipinski definition) is 1. The lowest BCUT2D eigenvalue weighted by atomic mass is 10.1. The predicted octanol–water partition coefficient (Wildman–Crippen LogP) is 4.99. The lowest BCUT2D eigenvalue weighted by molar-refractivity contribution is 0.416. The number of anilines is 1. The lowest BCUT2D eigenvalue weighted by Gasteiger charge is -2.12. The molecular weight excluding hydrogens is 292 g/mol. The van der Waals surface area contributed by atoms with Gasteiger partial charge in [-0.25, -0.2) is 4.98 Å². The summed E-state index contributed by atoms with van der Waals surface area (Å²) in [5.41, 5.74) is 3.20. The quantitative estimate of drug-likeness (QED) is 0.720. The van der Waals surface area contributed by atoms with Gasteiger partial charge in [0, 0.05) is 10.9 Å². The minimum Gasteiger partial charge on any atom is -0.496 e. The maximum Gasteiger partial charge on any atom is 0.183 e. The molecule has 112 valence electrons. The van der Waals surface area contributed by atoms with Crippen molar-refractivity contribution in [3.05, 3.63) is 65.5 Å². The third kappa shape index (κ3) is 3.12. The topological polar surface area (TPSA) is 34.1 Å². The highest BCUT2D eigenvalue weighted by molar-refractivity contribution is 7.14. The molecule has 22 heavy (non-hydrogen) atoms. The molecule has 2 aromatic carbocycles. The van der Waals surface area contributed by atoms with Crippen LogP contribution >= 0.6 is 11.3 Å². The van der Waals surface area contributed by atoms with Crippen LogP contribution in [0.25, 0.3) is 11.3 Å². The molecule has 3 aromatic rings. The van der Waals surface area contributed by atoms with Gasteiger partial charge in [-0.2, -0.15) is 0 Å². The van der Waals surface area contributed by atoms with Gasteiger partial charge in [0.1, 0.15) is 5.75 Å². The number of aromatic nitrogens is 1. The maximum atomic E-state index is 5.40. The van der Waals surface area contributed by atoms with E-state index in [1.54, 1.807) is 18.4 Å². The number of thiazole rings is 1. The zero-order valence-corrected chi connectivity index (χ0v) is 13.4. The van der Waals surface area contributed by atoms with Crippen LogP contribution in [-0.2, 0) is 0 Å². The highest BCUT2D eigenvalue weighted by atomic mass is 32.1. The largest absolute Gasteiger partial charge is 0.496 e. The maximum absolute atomic E-state index is 5.40. The summed E-state index contributed by atoms with van der Waals surface area (Å²) < 4.78 is 5.40. The SMILES string of the molecule is COc1ccccc1-c1csc(NC(C)c2ccccc2)n1. The van der Waals surface area contributed by atoms with Gasteiger partial charge >= 0.3 is 0 Å². The van der Waals surface area contributed by atoms with E-state index in [0.29, 0.717) is 0 Å². The number of para-hydroxylation sites is 1. The average Bonchev–Trinajstić information content (AvgIpc) is 3.04. The van der Waals surface area contributed by atoms with E-state index in [2.05, 4.69) is 46.9 Å². The Hall–Kier alpha value is -2.33. The van der Waals surface area contributed by atoms with E-state index < -0.39 is 0 Å². The van der Waals surface area contributed by atoms with E-state index in [4.69, 9.17) is 4.74 Å². The first-order valence-electron chi connectivity index (χ1n) is 7.18. The fraction of sp³-hybridized carbons (Fsp3) is 0.167. The second-order valence-corrected chi connectivity index (χ2v) is 5.87. The van der Waals surface area contributed by atoms with E-state index in [9.17, 15) is 0 Å². The summed E-state index contributed by atoms with van der Waals surface area (Å²) in [6, 6.07) is 18.5. The van der Waals surface area contributed by atoms with E-state index in [1.807, 2.05) is 30.3 Å². The van der Waals surface area contributed by atoms with Crippen molar-refractivity contribution in [1.29, 1.82) is 0 Å². The van der Waals surface area contributed by atoms with Crippen molar-refractivity contribution in [3.8, 4) is 17.0 Å². The Morgan fingerprint density at radius 1 is 1.05 bits per heavy atom. The van der Waals surface area contributed by atoms with Crippen LogP contribution in [0.2, 0.25) is 0 Å². The Labute approximate surface area is 134 Å². The molecule has 3 nitrogen and oxygen atoms in total. The molecule has 0 bridgehead atoms. The third-order valence-electron chi connectivity index (χ3n) is 3.53. The Bertz CT molecular complexity index is 740. The van der Waals surface area contributed by atoms with E-state index in [0.717, 1.165) is 22.1 Å². The second-order valence-electron chi connectivity index (χ2n) is 5.01. The van der Waals surface area contributed by atoms with Gasteiger partial charge in [0.2, 0.25) is 0 Å². The fourth-order valence-electron chi connectivity index (χ4n) is 2.33. The summed E-state index contributed by atoms with van der Waals surface area (Å²) in [6.45, 7) is 2.14. The molecule has 1 atom stereocenters. The van der Waals surface area contributed by atoms with Crippen molar-refractivity contribution in [2.45, 2.75) is 13.0 Å². The van der Waals surface area contributed by atoms with E-state index in [-0.39, 0.29) is 6.04 Å². The van der Waals surface area contributed by atoms with Gasteiger partial charge in [-0.05, 0) is 24.6 Å². The Morgan fingerprint density at radius 3 is 2.55 bits per heavy atom. The molecule has 0 aliphatic heterocycles. The van der Waals surface area contributed by atoms with Gasteiger partial charge in [0.25, 0.3) is 0 Å². The van der Waals surface area contributed by atoms with Crippen LogP contribution in [0, 0.1) is 0 Å². The number of rotatable bonds is 5. The second kappa shape index (κ2) is 6.62. The Balaban J connectivity index is 1.79. The normalized spacial score (nSPS) is 11.9. The summed E-state index contributed by atoms with van der Waals surface area (Å²) in [6.07, 6.45) is 0. The molecule has 0 fully saturated rings. The molecule has 0 amide bonds. The fourth-order valence-corrected chi connectivity index (χ4v) is 3.13. The minimum atomic E-state index is 0.220. The summed E-state index contributed by atoms with van der Waals surface area (Å²) in [7, 11) is 1.68. The van der Waals surface area contributed by atoms with Crippen LogP contribution in [0.4, 0.5) is 5.13 Å². The molecule has 0 saturated heterocycles. The van der Waals surface area contributed by atoms with Crippen molar-refractivity contribution in [3.63, 3.8) is 0 Å². The Kier molecular flexibility index (Phi) is 4.39. The average molecular weight is 310 g/mol. The van der Waals surface area contributed by atoms with Crippen molar-refractivity contribution in [2.75, 3.05) is 12.4 Å². The van der Waals surface area contributed by atoms with Gasteiger partial charge in [-0.15, -0.1) is 11.3 Å². The van der Waals surface area contributed by atoms with Crippen LogP contribution in [0.5, 0.6) is 5.75 Å². The third-order valence-corrected chi connectivity index (χ3v) is 4.30. The molecule has 0 saturated carbocycles. The van der Waals surface area contributed by atoms with Crippen LogP contribution in [0.1, 0.15) is 18.5 Å². The first-order valence-corrected chi connectivity index (χ1v) is 8.06. The predicted molar refractivity (Wildman–Crippen MR) is 92.6 cm³/mol. The standard InChI is InChI=1S/C18H18N2OS/c1-13(14-8-4-3-5-9-14)19-18-20-16(12-22-18)15-10-6-7-11-17(15)21-2/h3-13H,1-2H3,(H,19,20). The monoisotopic (exact) mass is 310 g/mol. The molecule has 1 aromatic heterocycles. The molecular formula is C18H18N2OS. The number of methoxy groups -OCH3 is 1. The molecule has 4 heteroatoms. The summed E-state index contributed by atoms with van der Waals surface area (Å²) in [5.74, 6) is 0.843. The lowest BCUT2D eigenvalue weighted by Crippen LogP contribution is -2.05. The van der Waals surface area contributed by atoms with Crippen LogP contribution in [0.3, 0.4) is 0 Å². The molecule has 1 heterocycles. The smallest absolute Gasteiger partial charge is 0.183 e. The van der Waals surface area contributed by atoms with Crippen molar-refractivity contribution in [1.82, 2.24) is 4.98 Å². The molecule has 3 rings (SSSR count). The molecule has 0 aliphatic carbocycles. The minimum absolute atomic E-state index is 0.220. The first-order chi connectivity index (χ1) is 10.8. The number of nitrogens with one attached hydrogen (secondary N) is 1. The van der Waals surface area contributed by atoms with Gasteiger partial charge in [-0.3, -0.25) is 0 Å². The molecule has 0 radical (unpaired) electrons. The van der Waals surface area contributed by atoms with Gasteiger partial charge < -0.3 is 10.1 Å². The number of ether oxygens (including phenoxy) is 1. The number of nitrogens with zero attached hydrogens (tertiary/aromatic N) is 1. The van der Waals surface area contributed by atoms with E-state index >= 15 is 0 Å². The number of hydrogen-bond acceptors (Lipinski definition) is 4. The first kappa shape index (κ1) is 14.6. The number of benzene rings is 2. The highest BCUT2D eigenvalue weighted by Crippen LogP contribution is 2.32. The molecule has 1 N–H and O–H groups in total. The van der Waals surface area contributed by atoms with Gasteiger partial charge in [0.05, 0.1) is 18.8 Å². The summed E-state index contributed by atoms with van der Waals surface area (Å²) in [5, 5.41) is 6.42. The van der Waals surface area contributed by atoms with Crippen LogP contribution in [0.15, 0.2) is 60.0 Å². The van der Waals surface area contributed by atoms with Crippen LogP contribution < -0.4 is 10.1 Å². The van der Waals surface area contributed by atoms with Gasteiger partial charge in [0.15, 0.2) is 5.13 Å². The zero-order valence-electron chi connectivity index (χ0n) is 12.6. The van der Waals surface area contributed by atoms with E-state index in [1.165, 1.54) is 5.56 Å². The zero-order chi connectivity index (χ0) is 15.4. The van der Waals surface area contributed by atoms with Crippen molar-refractivity contribution >= 4 is 16.5 Å². The molecule has 0 aliphatic rings. The summed E-state index contributed by atoms with van der Waals surface area (Å²) in [4.78, 5) is 4.68. The Morgan fingerprint density at radius 2 is 1.77 bits per heavy atom. The highest BCUT2D eigenvalue weighted by Gasteiger charge is 2.11. The summed E-state index contributed by atoms with van der Waals surface area (Å²) >= 11 is 1.61. The van der Waals surface area contributed by atoms with Crippen molar-refractivity contribution in [2.24, 2.45) is 0 Å². The van der Waals surface area contributed by atoms with Crippen molar-refractivity contribution < 1.29 is 4.74 Å². The molecule has 0 spiro atoms. The van der Waals surface area contributed by atoms with Crippen LogP contribution in [-0.4, -0.2) is 12.1 Å². The van der Waals surface area contributed by atoms with Gasteiger partial charge in [-0.1, -0.05) is 42.5 Å². The molecule has 1 unspecified atom stereocenters.